The average Bonchev–Trinajstić information content (AvgIpc) is 2.48. The first-order chi connectivity index (χ1) is 10.8. The first kappa shape index (κ1) is 29.2. The Hall–Kier alpha value is 1.47. The van der Waals surface area contributed by atoms with Gasteiger partial charge in [-0.15, -0.1) is 15.8 Å². The van der Waals surface area contributed by atoms with Crippen molar-refractivity contribution in [1.29, 1.82) is 0 Å². The predicted octanol–water partition coefficient (Wildman–Crippen LogP) is 5.82. The quantitative estimate of drug-likeness (QED) is 0.141. The molecule has 0 aliphatic rings. The van der Waals surface area contributed by atoms with Crippen molar-refractivity contribution in [3.8, 4) is 0 Å². The second-order valence-corrected chi connectivity index (χ2v) is 13.7. The van der Waals surface area contributed by atoms with Gasteiger partial charge in [-0.3, -0.25) is 0 Å². The minimum atomic E-state index is 0.207. The normalized spacial score (nSPS) is 11.0. The summed E-state index contributed by atoms with van der Waals surface area (Å²) in [7, 11) is 4.98. The van der Waals surface area contributed by atoms with Crippen LogP contribution in [0, 0.1) is 6.65 Å². The van der Waals surface area contributed by atoms with E-state index in [1.54, 1.807) is 0 Å². The molecule has 6 heteroatoms. The molecule has 0 radical (unpaired) electrons. The van der Waals surface area contributed by atoms with E-state index in [1.807, 2.05) is 17.3 Å². The first-order valence-electron chi connectivity index (χ1n) is 8.33. The van der Waals surface area contributed by atoms with Crippen LogP contribution in [0.25, 0.3) is 0 Å². The molecule has 0 amide bonds. The Labute approximate surface area is 162 Å². The molecule has 0 aromatic heterocycles. The van der Waals surface area contributed by atoms with Crippen molar-refractivity contribution in [2.45, 2.75) is 78.0 Å². The molecule has 0 rings (SSSR count). The van der Waals surface area contributed by atoms with Gasteiger partial charge in [-0.25, -0.2) is 0 Å². The monoisotopic (exact) mass is 470 g/mol. The van der Waals surface area contributed by atoms with Gasteiger partial charge in [0.05, 0.1) is 0 Å². The molecule has 0 heterocycles. The van der Waals surface area contributed by atoms with Gasteiger partial charge in [-0.1, -0.05) is 55.4 Å². The fraction of sp³-hybridized carbons (Fsp3) is 0.941. The average molecular weight is 470 g/mol. The van der Waals surface area contributed by atoms with Crippen LogP contribution in [0.5, 0.6) is 0 Å². The van der Waals surface area contributed by atoms with Gasteiger partial charge in [-0.2, -0.15) is 0 Å². The zero-order valence-corrected chi connectivity index (χ0v) is 20.5. The zero-order chi connectivity index (χ0) is 19.0. The van der Waals surface area contributed by atoms with Gasteiger partial charge in [0.25, 0.3) is 0 Å². The van der Waals surface area contributed by atoms with E-state index < -0.39 is 0 Å². The molecule has 0 aliphatic heterocycles. The number of halogens is 1. The molecule has 0 aromatic carbocycles. The maximum absolute atomic E-state index is 7.50. The molecule has 141 valence electrons. The molecule has 0 spiro atoms. The molecule has 0 aliphatic carbocycles. The molecule has 2 nitrogen and oxygen atoms in total. The van der Waals surface area contributed by atoms with Crippen molar-refractivity contribution in [3.63, 3.8) is 0 Å². The summed E-state index contributed by atoms with van der Waals surface area (Å²) in [6.45, 7) is 26.1. The standard InChI is InChI=1S/C16H37NP2.CO.ClH.Ru/c1-13(2)18(14(3)4)11-9-17-10-12-19(15(5)6)16(7)8;1-2;;/h13-17H,9-12H2,1-8H3;;1H;/q;;;+1/p-1. The summed E-state index contributed by atoms with van der Waals surface area (Å²) in [5.41, 5.74) is 3.50. The van der Waals surface area contributed by atoms with Crippen molar-refractivity contribution in [3.05, 3.63) is 6.65 Å². The van der Waals surface area contributed by atoms with Crippen molar-refractivity contribution in [1.82, 2.24) is 5.32 Å². The predicted molar refractivity (Wildman–Crippen MR) is 107 cm³/mol. The van der Waals surface area contributed by atoms with Crippen LogP contribution in [-0.4, -0.2) is 48.0 Å². The molecular weight excluding hydrogens is 433 g/mol. The molecule has 23 heavy (non-hydrogen) atoms. The molecule has 1 N–H and O–H groups in total. The fourth-order valence-corrected chi connectivity index (χ4v) is 8.05. The number of hydrogen-bond donors (Lipinski definition) is 1. The Morgan fingerprint density at radius 2 is 0.957 bits per heavy atom. The van der Waals surface area contributed by atoms with Gasteiger partial charge in [0.1, 0.15) is 0 Å². The third-order valence-electron chi connectivity index (χ3n) is 3.75. The molecule has 0 saturated carbocycles. The second-order valence-electron chi connectivity index (χ2n) is 6.60. The van der Waals surface area contributed by atoms with Crippen LogP contribution < -0.4 is 5.32 Å². The van der Waals surface area contributed by atoms with E-state index >= 15 is 0 Å². The number of nitrogens with one attached hydrogen (secondary N) is 1. The Kier molecular flexibility index (Phi) is 25.2. The van der Waals surface area contributed by atoms with Gasteiger partial charge in [0, 0.05) is 0 Å². The molecular formula is C17H37ClNOP2Ru. The van der Waals surface area contributed by atoms with E-state index in [0.29, 0.717) is 0 Å². The maximum atomic E-state index is 7.50. The van der Waals surface area contributed by atoms with Crippen LogP contribution >= 0.6 is 25.5 Å². The van der Waals surface area contributed by atoms with Crippen LogP contribution in [0.15, 0.2) is 0 Å². The Bertz CT molecular complexity index is 226. The molecule has 0 atom stereocenters. The summed E-state index contributed by atoms with van der Waals surface area (Å²) in [5, 5.41) is 3.70. The molecule has 0 saturated heterocycles. The van der Waals surface area contributed by atoms with E-state index in [-0.39, 0.29) is 15.8 Å². The molecule has 0 fully saturated rings. The third-order valence-corrected chi connectivity index (χ3v) is 10.5. The Morgan fingerprint density at radius 1 is 0.739 bits per heavy atom. The van der Waals surface area contributed by atoms with Gasteiger partial charge in [-0.05, 0) is 48.0 Å². The summed E-state index contributed by atoms with van der Waals surface area (Å²) < 4.78 is 7.50. The van der Waals surface area contributed by atoms with Crippen LogP contribution in [0.1, 0.15) is 55.4 Å². The van der Waals surface area contributed by atoms with Gasteiger partial charge < -0.3 is 5.32 Å². The van der Waals surface area contributed by atoms with Gasteiger partial charge >= 0.3 is 38.3 Å². The van der Waals surface area contributed by atoms with Gasteiger partial charge in [0.2, 0.25) is 0 Å². The SMILES string of the molecule is CC(C)P(CCNCCP(C(C)C)C(C)C)C(C)C.[C-]#[O+].[Cl][Ru]. The van der Waals surface area contributed by atoms with Crippen molar-refractivity contribution >= 4 is 25.5 Å². The van der Waals surface area contributed by atoms with Crippen LogP contribution in [0.3, 0.4) is 0 Å². The van der Waals surface area contributed by atoms with Crippen LogP contribution in [0.2, 0.25) is 0 Å². The van der Waals surface area contributed by atoms with E-state index in [1.165, 1.54) is 25.4 Å². The molecule has 0 aromatic rings. The van der Waals surface area contributed by atoms with E-state index in [0.717, 1.165) is 22.6 Å². The first-order valence-corrected chi connectivity index (χ1v) is 13.9. The Morgan fingerprint density at radius 3 is 1.13 bits per heavy atom. The van der Waals surface area contributed by atoms with Crippen LogP contribution in [0.4, 0.5) is 0 Å². The van der Waals surface area contributed by atoms with Crippen LogP contribution in [-0.2, 0) is 22.0 Å². The summed E-state index contributed by atoms with van der Waals surface area (Å²) in [4.78, 5) is 0. The molecule has 0 bridgehead atoms. The fourth-order valence-electron chi connectivity index (χ4n) is 2.77. The van der Waals surface area contributed by atoms with Crippen molar-refractivity contribution in [2.24, 2.45) is 0 Å². The second kappa shape index (κ2) is 19.8. The van der Waals surface area contributed by atoms with E-state index in [4.69, 9.17) is 4.65 Å². The van der Waals surface area contributed by atoms with Crippen molar-refractivity contribution in [2.75, 3.05) is 25.4 Å². The minimum absolute atomic E-state index is 0.207. The Balaban J connectivity index is -0.000000919. The van der Waals surface area contributed by atoms with E-state index in [2.05, 4.69) is 77.0 Å². The van der Waals surface area contributed by atoms with Gasteiger partial charge in [0.15, 0.2) is 0 Å². The topological polar surface area (TPSA) is 31.9 Å². The molecule has 0 unspecified atom stereocenters. The summed E-state index contributed by atoms with van der Waals surface area (Å²) in [6, 6.07) is 0. The zero-order valence-electron chi connectivity index (χ0n) is 16.2. The number of hydrogen-bond acceptors (Lipinski definition) is 1. The summed E-state index contributed by atoms with van der Waals surface area (Å²) in [6.07, 6.45) is 2.79. The van der Waals surface area contributed by atoms with Crippen molar-refractivity contribution < 1.29 is 22.0 Å². The summed E-state index contributed by atoms with van der Waals surface area (Å²) >= 11 is 1.82. The number of rotatable bonds is 10. The van der Waals surface area contributed by atoms with E-state index in [9.17, 15) is 0 Å². The summed E-state index contributed by atoms with van der Waals surface area (Å²) in [5.74, 6) is 0. The third kappa shape index (κ3) is 16.7.